The van der Waals surface area contributed by atoms with E-state index in [-0.39, 0.29) is 34.7 Å². The van der Waals surface area contributed by atoms with E-state index in [4.69, 9.17) is 9.72 Å². The molecule has 3 heterocycles. The number of aromatic nitrogens is 1. The van der Waals surface area contributed by atoms with Gasteiger partial charge in [-0.25, -0.2) is 13.4 Å². The predicted octanol–water partition coefficient (Wildman–Crippen LogP) is 4.56. The topological polar surface area (TPSA) is 112 Å². The first-order valence-corrected chi connectivity index (χ1v) is 17.2. The highest BCUT2D eigenvalue weighted by Crippen LogP contribution is 2.48. The molecule has 4 fully saturated rings. The van der Waals surface area contributed by atoms with Gasteiger partial charge in [-0.15, -0.1) is 11.3 Å². The number of hydrogen-bond donors (Lipinski definition) is 1. The highest BCUT2D eigenvalue weighted by molar-refractivity contribution is 7.91. The first-order chi connectivity index (χ1) is 19.2. The number of nitrogens with zero attached hydrogens (tertiary/aromatic N) is 3. The Bertz CT molecular complexity index is 1390. The van der Waals surface area contributed by atoms with Gasteiger partial charge in [0.25, 0.3) is 0 Å². The molecule has 2 aromatic rings. The summed E-state index contributed by atoms with van der Waals surface area (Å²) in [6.07, 6.45) is 7.11. The lowest BCUT2D eigenvalue weighted by Gasteiger charge is -2.32. The molecule has 1 amide bonds. The van der Waals surface area contributed by atoms with Gasteiger partial charge in [0.2, 0.25) is 5.91 Å². The molecule has 6 rings (SSSR count). The number of nitriles is 1. The van der Waals surface area contributed by atoms with Gasteiger partial charge in [-0.2, -0.15) is 5.26 Å². The Hall–Kier alpha value is -2.48. The summed E-state index contributed by atoms with van der Waals surface area (Å²) in [5.41, 5.74) is 2.41. The van der Waals surface area contributed by atoms with Crippen molar-refractivity contribution in [1.82, 2.24) is 10.3 Å². The molecule has 2 aliphatic carbocycles. The monoisotopic (exact) mass is 582 g/mol. The summed E-state index contributed by atoms with van der Waals surface area (Å²) in [4.78, 5) is 22.1. The summed E-state index contributed by atoms with van der Waals surface area (Å²) < 4.78 is 29.5. The molecule has 1 aromatic carbocycles. The Morgan fingerprint density at radius 1 is 1.10 bits per heavy atom. The minimum Gasteiger partial charge on any atom is -0.381 e. The third kappa shape index (κ3) is 5.53. The van der Waals surface area contributed by atoms with Crippen LogP contribution in [0.15, 0.2) is 24.3 Å². The van der Waals surface area contributed by atoms with E-state index in [1.165, 1.54) is 0 Å². The van der Waals surface area contributed by atoms with E-state index in [1.54, 1.807) is 11.3 Å². The smallest absolute Gasteiger partial charge is 0.225 e. The molecular weight excluding hydrogens is 544 g/mol. The second-order valence-corrected chi connectivity index (χ2v) is 15.6. The SMILES string of the molecule is CC1(c2nc([C@@H]3CCCC[C@H]3C(=O)NC3(C#N)CC3)c(-c3ccc(N4CCS(=O)(=O)CC4)cc3)s2)CCOCC1. The van der Waals surface area contributed by atoms with Gasteiger partial charge in [-0.05, 0) is 56.2 Å². The zero-order valence-electron chi connectivity index (χ0n) is 23.2. The van der Waals surface area contributed by atoms with Crippen LogP contribution in [0.5, 0.6) is 0 Å². The van der Waals surface area contributed by atoms with Gasteiger partial charge in [0.1, 0.15) is 5.54 Å². The van der Waals surface area contributed by atoms with Gasteiger partial charge in [-0.3, -0.25) is 4.79 Å². The van der Waals surface area contributed by atoms with Crippen molar-refractivity contribution in [2.45, 2.75) is 75.2 Å². The fourth-order valence-electron chi connectivity index (χ4n) is 6.37. The quantitative estimate of drug-likeness (QED) is 0.531. The Kier molecular flexibility index (Phi) is 7.43. The third-order valence-electron chi connectivity index (χ3n) is 9.39. The van der Waals surface area contributed by atoms with Crippen LogP contribution in [0.1, 0.15) is 74.9 Å². The van der Waals surface area contributed by atoms with Gasteiger partial charge in [0, 0.05) is 49.2 Å². The first kappa shape index (κ1) is 27.7. The number of ether oxygens (including phenoxy) is 1. The van der Waals surface area contributed by atoms with Crippen molar-refractivity contribution in [3.63, 3.8) is 0 Å². The number of nitrogens with one attached hydrogen (secondary N) is 1. The highest BCUT2D eigenvalue weighted by Gasteiger charge is 2.47. The van der Waals surface area contributed by atoms with E-state index in [9.17, 15) is 18.5 Å². The van der Waals surface area contributed by atoms with Crippen molar-refractivity contribution >= 4 is 32.8 Å². The van der Waals surface area contributed by atoms with E-state index in [2.05, 4.69) is 47.5 Å². The van der Waals surface area contributed by atoms with Crippen molar-refractivity contribution in [2.24, 2.45) is 5.92 Å². The van der Waals surface area contributed by atoms with Crippen molar-refractivity contribution in [3.05, 3.63) is 35.0 Å². The van der Waals surface area contributed by atoms with Gasteiger partial charge in [0.05, 0.1) is 33.2 Å². The third-order valence-corrected chi connectivity index (χ3v) is 12.4. The van der Waals surface area contributed by atoms with Crippen LogP contribution in [-0.2, 0) is 24.8 Å². The molecule has 214 valence electrons. The Morgan fingerprint density at radius 3 is 2.42 bits per heavy atom. The molecule has 0 spiro atoms. The van der Waals surface area contributed by atoms with Crippen LogP contribution in [-0.4, -0.2) is 62.7 Å². The van der Waals surface area contributed by atoms with Crippen LogP contribution >= 0.6 is 11.3 Å². The Morgan fingerprint density at radius 2 is 1.77 bits per heavy atom. The molecule has 4 aliphatic rings. The number of carbonyl (C=O) groups is 1. The lowest BCUT2D eigenvalue weighted by Crippen LogP contribution is -2.42. The second kappa shape index (κ2) is 10.7. The van der Waals surface area contributed by atoms with Crippen LogP contribution in [0.3, 0.4) is 0 Å². The first-order valence-electron chi connectivity index (χ1n) is 14.6. The predicted molar refractivity (Wildman–Crippen MR) is 156 cm³/mol. The summed E-state index contributed by atoms with van der Waals surface area (Å²) in [6.45, 7) is 4.77. The maximum absolute atomic E-state index is 13.5. The summed E-state index contributed by atoms with van der Waals surface area (Å²) in [5.74, 6) is 0.204. The van der Waals surface area contributed by atoms with Crippen molar-refractivity contribution in [1.29, 1.82) is 5.26 Å². The number of anilines is 1. The van der Waals surface area contributed by atoms with Crippen molar-refractivity contribution < 1.29 is 17.9 Å². The molecule has 2 saturated carbocycles. The minimum atomic E-state index is -2.94. The van der Waals surface area contributed by atoms with Gasteiger partial charge < -0.3 is 15.0 Å². The van der Waals surface area contributed by atoms with E-state index >= 15 is 0 Å². The van der Waals surface area contributed by atoms with E-state index in [0.717, 1.165) is 91.4 Å². The Labute approximate surface area is 241 Å². The van der Waals surface area contributed by atoms with Crippen LogP contribution < -0.4 is 10.2 Å². The molecule has 2 saturated heterocycles. The van der Waals surface area contributed by atoms with Crippen LogP contribution in [0, 0.1) is 17.2 Å². The van der Waals surface area contributed by atoms with Crippen LogP contribution in [0.25, 0.3) is 10.4 Å². The van der Waals surface area contributed by atoms with E-state index < -0.39 is 15.4 Å². The number of rotatable bonds is 6. The molecule has 1 aromatic heterocycles. The highest BCUT2D eigenvalue weighted by atomic mass is 32.2. The average Bonchev–Trinajstić information content (AvgIpc) is 3.59. The average molecular weight is 583 g/mol. The fourth-order valence-corrected chi connectivity index (χ4v) is 8.91. The normalized spacial score (nSPS) is 26.9. The summed E-state index contributed by atoms with van der Waals surface area (Å²) in [7, 11) is -2.94. The maximum atomic E-state index is 13.5. The largest absolute Gasteiger partial charge is 0.381 e. The lowest BCUT2D eigenvalue weighted by molar-refractivity contribution is -0.127. The number of thiazole rings is 1. The van der Waals surface area contributed by atoms with Crippen molar-refractivity contribution in [2.75, 3.05) is 42.7 Å². The maximum Gasteiger partial charge on any atom is 0.225 e. The van der Waals surface area contributed by atoms with Crippen LogP contribution in [0.2, 0.25) is 0 Å². The summed E-state index contributed by atoms with van der Waals surface area (Å²) in [6, 6.07) is 10.7. The zero-order chi connectivity index (χ0) is 28.0. The second-order valence-electron chi connectivity index (χ2n) is 12.3. The van der Waals surface area contributed by atoms with E-state index in [1.807, 2.05) is 0 Å². The number of hydrogen-bond acceptors (Lipinski definition) is 8. The molecule has 8 nitrogen and oxygen atoms in total. The van der Waals surface area contributed by atoms with Crippen molar-refractivity contribution in [3.8, 4) is 16.5 Å². The minimum absolute atomic E-state index is 0.00285. The molecule has 2 atom stereocenters. The summed E-state index contributed by atoms with van der Waals surface area (Å²) >= 11 is 1.75. The fraction of sp³-hybridized carbons (Fsp3) is 0.633. The zero-order valence-corrected chi connectivity index (χ0v) is 24.8. The number of benzene rings is 1. The molecular formula is C30H38N4O4S2. The number of sulfone groups is 1. The molecule has 2 aliphatic heterocycles. The molecule has 0 unspecified atom stereocenters. The van der Waals surface area contributed by atoms with Crippen LogP contribution in [0.4, 0.5) is 5.69 Å². The molecule has 0 radical (unpaired) electrons. The lowest BCUT2D eigenvalue weighted by atomic mass is 9.76. The van der Waals surface area contributed by atoms with E-state index in [0.29, 0.717) is 13.1 Å². The van der Waals surface area contributed by atoms with Gasteiger partial charge >= 0.3 is 0 Å². The molecule has 40 heavy (non-hydrogen) atoms. The number of carbonyl (C=O) groups excluding carboxylic acids is 1. The Balaban J connectivity index is 1.33. The van der Waals surface area contributed by atoms with Gasteiger partial charge in [0.15, 0.2) is 9.84 Å². The molecule has 1 N–H and O–H groups in total. The molecule has 10 heteroatoms. The summed E-state index contributed by atoms with van der Waals surface area (Å²) in [5, 5.41) is 13.8. The number of amides is 1. The molecule has 0 bridgehead atoms. The van der Waals surface area contributed by atoms with Gasteiger partial charge in [-0.1, -0.05) is 31.9 Å². The standard InChI is InChI=1S/C30H38N4O4S2/c1-29(12-16-38-17-13-29)28-32-25(23-4-2-3-5-24(23)27(35)33-30(20-31)10-11-30)26(39-28)21-6-8-22(9-7-21)34-14-18-40(36,37)19-15-34/h6-9,23-24H,2-5,10-19H2,1H3,(H,33,35)/t23-,24-/m1/s1.